The van der Waals surface area contributed by atoms with Crippen molar-refractivity contribution in [2.24, 2.45) is 17.3 Å². The van der Waals surface area contributed by atoms with E-state index in [9.17, 15) is 18.0 Å². The van der Waals surface area contributed by atoms with E-state index < -0.39 is 12.1 Å². The first kappa shape index (κ1) is 13.6. The molecule has 1 saturated heterocycles. The van der Waals surface area contributed by atoms with Crippen LogP contribution < -0.4 is 5.32 Å². The van der Waals surface area contributed by atoms with Crippen LogP contribution in [-0.4, -0.2) is 32.3 Å². The van der Waals surface area contributed by atoms with Gasteiger partial charge in [-0.3, -0.25) is 4.79 Å². The van der Waals surface area contributed by atoms with Gasteiger partial charge in [-0.25, -0.2) is 0 Å². The Morgan fingerprint density at radius 3 is 2.44 bits per heavy atom. The molecule has 1 spiro atoms. The number of carbonyl (C=O) groups excluding carboxylic acids is 1. The highest BCUT2D eigenvalue weighted by Crippen LogP contribution is 2.50. The molecule has 0 aromatic heterocycles. The van der Waals surface area contributed by atoms with Gasteiger partial charge in [-0.15, -0.1) is 0 Å². The van der Waals surface area contributed by atoms with Crippen molar-refractivity contribution >= 4 is 5.97 Å². The third kappa shape index (κ3) is 2.35. The first-order valence-corrected chi connectivity index (χ1v) is 6.24. The third-order valence-corrected chi connectivity index (χ3v) is 4.49. The van der Waals surface area contributed by atoms with E-state index in [-0.39, 0.29) is 30.1 Å². The molecule has 18 heavy (non-hydrogen) atoms. The molecule has 1 heterocycles. The average Bonchev–Trinajstić information content (AvgIpc) is 2.71. The van der Waals surface area contributed by atoms with Crippen LogP contribution in [0.1, 0.15) is 25.7 Å². The number of methoxy groups -OCH3 is 1. The molecule has 0 radical (unpaired) electrons. The van der Waals surface area contributed by atoms with E-state index in [0.29, 0.717) is 25.9 Å². The maximum absolute atomic E-state index is 12.6. The van der Waals surface area contributed by atoms with E-state index in [0.717, 1.165) is 0 Å². The fourth-order valence-electron chi connectivity index (χ4n) is 3.33. The molecule has 1 aliphatic heterocycles. The van der Waals surface area contributed by atoms with Gasteiger partial charge in [0, 0.05) is 13.1 Å². The van der Waals surface area contributed by atoms with E-state index in [1.165, 1.54) is 7.11 Å². The van der Waals surface area contributed by atoms with Crippen LogP contribution in [0.4, 0.5) is 13.2 Å². The molecule has 1 unspecified atom stereocenters. The first-order chi connectivity index (χ1) is 8.39. The van der Waals surface area contributed by atoms with Crippen LogP contribution in [0.5, 0.6) is 0 Å². The molecule has 0 bridgehead atoms. The highest BCUT2D eigenvalue weighted by molar-refractivity contribution is 5.74. The van der Waals surface area contributed by atoms with Crippen LogP contribution in [-0.2, 0) is 9.53 Å². The molecule has 6 heteroatoms. The van der Waals surface area contributed by atoms with E-state index in [1.54, 1.807) is 0 Å². The SMILES string of the molecule is COC(=O)C1CNCC12CCC(C(F)(F)F)CC2. The molecule has 1 N–H and O–H groups in total. The molecular formula is C12H18F3NO2. The van der Waals surface area contributed by atoms with E-state index in [4.69, 9.17) is 4.74 Å². The summed E-state index contributed by atoms with van der Waals surface area (Å²) in [6.07, 6.45) is -2.96. The Kier molecular flexibility index (Phi) is 3.58. The quantitative estimate of drug-likeness (QED) is 0.738. The Labute approximate surface area is 104 Å². The Morgan fingerprint density at radius 2 is 1.94 bits per heavy atom. The van der Waals surface area contributed by atoms with Crippen molar-refractivity contribution in [1.82, 2.24) is 5.32 Å². The Bertz CT molecular complexity index is 322. The maximum Gasteiger partial charge on any atom is 0.391 e. The molecule has 1 atom stereocenters. The number of nitrogens with one attached hydrogen (secondary N) is 1. The number of carbonyl (C=O) groups is 1. The minimum absolute atomic E-state index is 0.124. The van der Waals surface area contributed by atoms with Gasteiger partial charge in [-0.2, -0.15) is 13.2 Å². The molecular weight excluding hydrogens is 247 g/mol. The Balaban J connectivity index is 2.04. The van der Waals surface area contributed by atoms with Gasteiger partial charge in [0.05, 0.1) is 18.9 Å². The lowest BCUT2D eigenvalue weighted by Crippen LogP contribution is -2.41. The summed E-state index contributed by atoms with van der Waals surface area (Å²) in [7, 11) is 1.33. The lowest BCUT2D eigenvalue weighted by molar-refractivity contribution is -0.189. The van der Waals surface area contributed by atoms with Gasteiger partial charge in [0.2, 0.25) is 0 Å². The lowest BCUT2D eigenvalue weighted by atomic mass is 9.65. The van der Waals surface area contributed by atoms with Crippen LogP contribution in [0.25, 0.3) is 0 Å². The molecule has 104 valence electrons. The van der Waals surface area contributed by atoms with E-state index >= 15 is 0 Å². The predicted octanol–water partition coefficient (Wildman–Crippen LogP) is 2.12. The third-order valence-electron chi connectivity index (χ3n) is 4.49. The first-order valence-electron chi connectivity index (χ1n) is 6.24. The van der Waals surface area contributed by atoms with Crippen molar-refractivity contribution in [2.45, 2.75) is 31.9 Å². The van der Waals surface area contributed by atoms with Crippen molar-refractivity contribution < 1.29 is 22.7 Å². The zero-order valence-corrected chi connectivity index (χ0v) is 10.3. The highest BCUT2D eigenvalue weighted by Gasteiger charge is 2.52. The van der Waals surface area contributed by atoms with Crippen molar-refractivity contribution in [1.29, 1.82) is 0 Å². The van der Waals surface area contributed by atoms with Crippen molar-refractivity contribution in [3.63, 3.8) is 0 Å². The highest BCUT2D eigenvalue weighted by atomic mass is 19.4. The molecule has 1 saturated carbocycles. The van der Waals surface area contributed by atoms with Crippen molar-refractivity contribution in [3.05, 3.63) is 0 Å². The smallest absolute Gasteiger partial charge is 0.391 e. The number of alkyl halides is 3. The van der Waals surface area contributed by atoms with E-state index in [2.05, 4.69) is 5.32 Å². The summed E-state index contributed by atoms with van der Waals surface area (Å²) >= 11 is 0. The molecule has 3 nitrogen and oxygen atoms in total. The Morgan fingerprint density at radius 1 is 1.33 bits per heavy atom. The summed E-state index contributed by atoms with van der Waals surface area (Å²) in [5.74, 6) is -1.80. The number of ether oxygens (including phenoxy) is 1. The summed E-state index contributed by atoms with van der Waals surface area (Å²) in [4.78, 5) is 11.7. The van der Waals surface area contributed by atoms with E-state index in [1.807, 2.05) is 0 Å². The van der Waals surface area contributed by atoms with Crippen LogP contribution in [0.2, 0.25) is 0 Å². The lowest BCUT2D eigenvalue weighted by Gasteiger charge is -2.40. The summed E-state index contributed by atoms with van der Waals surface area (Å²) in [6, 6.07) is 0. The molecule has 2 fully saturated rings. The monoisotopic (exact) mass is 265 g/mol. The summed E-state index contributed by atoms with van der Waals surface area (Å²) in [6.45, 7) is 1.14. The van der Waals surface area contributed by atoms with Crippen molar-refractivity contribution in [3.8, 4) is 0 Å². The number of hydrogen-bond donors (Lipinski definition) is 1. The number of halogens is 3. The summed E-state index contributed by atoms with van der Waals surface area (Å²) in [5.41, 5.74) is -0.325. The molecule has 1 aliphatic carbocycles. The van der Waals surface area contributed by atoms with Gasteiger partial charge in [-0.1, -0.05) is 0 Å². The molecule has 0 aromatic carbocycles. The largest absolute Gasteiger partial charge is 0.469 e. The van der Waals surface area contributed by atoms with Gasteiger partial charge >= 0.3 is 12.1 Å². The second-order valence-electron chi connectivity index (χ2n) is 5.38. The van der Waals surface area contributed by atoms with Gasteiger partial charge in [-0.05, 0) is 31.1 Å². The second kappa shape index (κ2) is 4.72. The summed E-state index contributed by atoms with van der Waals surface area (Å²) in [5, 5.41) is 3.12. The average molecular weight is 265 g/mol. The topological polar surface area (TPSA) is 38.3 Å². The minimum Gasteiger partial charge on any atom is -0.469 e. The zero-order chi connectivity index (χ0) is 13.4. The minimum atomic E-state index is -4.10. The predicted molar refractivity (Wildman–Crippen MR) is 58.8 cm³/mol. The molecule has 2 rings (SSSR count). The fraction of sp³-hybridized carbons (Fsp3) is 0.917. The molecule has 0 aromatic rings. The zero-order valence-electron chi connectivity index (χ0n) is 10.3. The van der Waals surface area contributed by atoms with Gasteiger partial charge in [0.15, 0.2) is 0 Å². The van der Waals surface area contributed by atoms with Gasteiger partial charge < -0.3 is 10.1 Å². The number of esters is 1. The number of hydrogen-bond acceptors (Lipinski definition) is 3. The Hall–Kier alpha value is -0.780. The van der Waals surface area contributed by atoms with Gasteiger partial charge in [0.25, 0.3) is 0 Å². The standard InChI is InChI=1S/C12H18F3NO2/c1-18-10(17)9-6-16-7-11(9)4-2-8(3-5-11)12(13,14)15/h8-9,16H,2-7H2,1H3. The second-order valence-corrected chi connectivity index (χ2v) is 5.38. The van der Waals surface area contributed by atoms with Crippen LogP contribution in [0.3, 0.4) is 0 Å². The van der Waals surface area contributed by atoms with Crippen LogP contribution in [0.15, 0.2) is 0 Å². The van der Waals surface area contributed by atoms with Crippen molar-refractivity contribution in [2.75, 3.05) is 20.2 Å². The van der Waals surface area contributed by atoms with Crippen LogP contribution in [0, 0.1) is 17.3 Å². The fourth-order valence-corrected chi connectivity index (χ4v) is 3.33. The number of rotatable bonds is 1. The van der Waals surface area contributed by atoms with Gasteiger partial charge in [0.1, 0.15) is 0 Å². The molecule has 2 aliphatic rings. The normalized spacial score (nSPS) is 36.9. The molecule has 0 amide bonds. The van der Waals surface area contributed by atoms with Crippen LogP contribution >= 0.6 is 0 Å². The maximum atomic E-state index is 12.6. The summed E-state index contributed by atoms with van der Waals surface area (Å²) < 4.78 is 42.6.